The molecule has 4 aliphatic rings. The zero-order chi connectivity index (χ0) is 22.7. The molecular weight excluding hydrogens is 403 g/mol. The predicted molar refractivity (Wildman–Crippen MR) is 122 cm³/mol. The molecule has 0 spiro atoms. The Bertz CT molecular complexity index is 961. The highest BCUT2D eigenvalue weighted by molar-refractivity contribution is 5.89. The molecule has 1 aliphatic heterocycles. The lowest BCUT2D eigenvalue weighted by atomic mass is 9.47. The molecule has 4 nitrogen and oxygen atoms in total. The Hall–Kier alpha value is -2.17. The number of fused-ring (bicyclic) bond motifs is 5. The first kappa shape index (κ1) is 21.7. The van der Waals surface area contributed by atoms with E-state index in [0.717, 1.165) is 38.5 Å². The van der Waals surface area contributed by atoms with Crippen molar-refractivity contribution < 1.29 is 14.0 Å². The molecule has 3 aliphatic carbocycles. The largest absolute Gasteiger partial charge is 0.352 e. The molecule has 1 aromatic carbocycles. The molecule has 0 unspecified atom stereocenters. The van der Waals surface area contributed by atoms with Crippen LogP contribution in [0.15, 0.2) is 36.4 Å². The minimum absolute atomic E-state index is 0.00287. The van der Waals surface area contributed by atoms with E-state index in [9.17, 15) is 14.0 Å². The lowest BCUT2D eigenvalue weighted by molar-refractivity contribution is -0.142. The number of hydrogen-bond acceptors (Lipinski definition) is 2. The molecule has 2 amide bonds. The van der Waals surface area contributed by atoms with Gasteiger partial charge in [0, 0.05) is 36.5 Å². The normalized spacial score (nSPS) is 40.4. The maximum Gasteiger partial charge on any atom is 0.246 e. The van der Waals surface area contributed by atoms with Gasteiger partial charge in [-0.05, 0) is 73.8 Å². The van der Waals surface area contributed by atoms with Crippen molar-refractivity contribution in [1.82, 2.24) is 10.2 Å². The summed E-state index contributed by atoms with van der Waals surface area (Å²) >= 11 is 0. The molecule has 5 rings (SSSR count). The van der Waals surface area contributed by atoms with Crippen LogP contribution in [0.5, 0.6) is 0 Å². The van der Waals surface area contributed by atoms with Crippen LogP contribution in [-0.2, 0) is 16.1 Å². The van der Waals surface area contributed by atoms with Crippen molar-refractivity contribution in [3.05, 3.63) is 47.8 Å². The summed E-state index contributed by atoms with van der Waals surface area (Å²) in [7, 11) is 1.95. The van der Waals surface area contributed by atoms with E-state index in [1.54, 1.807) is 24.3 Å². The molecule has 3 fully saturated rings. The molecule has 1 heterocycles. The highest BCUT2D eigenvalue weighted by atomic mass is 19.1. The van der Waals surface area contributed by atoms with Crippen LogP contribution in [0.25, 0.3) is 0 Å². The summed E-state index contributed by atoms with van der Waals surface area (Å²) in [4.78, 5) is 27.4. The zero-order valence-corrected chi connectivity index (χ0v) is 19.4. The molecule has 0 radical (unpaired) electrons. The lowest BCUT2D eigenvalue weighted by Gasteiger charge is -2.60. The maximum absolute atomic E-state index is 14.0. The average molecular weight is 439 g/mol. The lowest BCUT2D eigenvalue weighted by Crippen LogP contribution is -2.59. The number of carbonyl (C=O) groups excluding carboxylic acids is 2. The van der Waals surface area contributed by atoms with Crippen LogP contribution in [0.1, 0.15) is 57.9 Å². The fraction of sp³-hybridized carbons (Fsp3) is 0.630. The first-order valence-electron chi connectivity index (χ1n) is 12.2. The summed E-state index contributed by atoms with van der Waals surface area (Å²) in [6.45, 7) is 4.93. The monoisotopic (exact) mass is 438 g/mol. The van der Waals surface area contributed by atoms with E-state index in [1.807, 2.05) is 11.9 Å². The topological polar surface area (TPSA) is 49.4 Å². The molecule has 0 bridgehead atoms. The minimum atomic E-state index is -0.266. The van der Waals surface area contributed by atoms with Crippen LogP contribution < -0.4 is 5.32 Å². The number of nitrogens with one attached hydrogen (secondary N) is 1. The molecule has 172 valence electrons. The predicted octanol–water partition coefficient (Wildman–Crippen LogP) is 4.70. The summed E-state index contributed by atoms with van der Waals surface area (Å²) in [5, 5.41) is 3.04. The second kappa shape index (κ2) is 7.71. The second-order valence-electron chi connectivity index (χ2n) is 11.1. The van der Waals surface area contributed by atoms with E-state index < -0.39 is 0 Å². The molecule has 3 saturated carbocycles. The third-order valence-corrected chi connectivity index (χ3v) is 9.86. The molecule has 7 atom stereocenters. The number of likely N-dealkylation sites (N-methyl/N-ethyl adjacent to an activating group) is 1. The van der Waals surface area contributed by atoms with Gasteiger partial charge in [0.05, 0.1) is 0 Å². The summed E-state index contributed by atoms with van der Waals surface area (Å²) in [5.41, 5.74) is 0.570. The van der Waals surface area contributed by atoms with Gasteiger partial charge in [0.25, 0.3) is 0 Å². The van der Waals surface area contributed by atoms with Gasteiger partial charge in [-0.15, -0.1) is 0 Å². The van der Waals surface area contributed by atoms with Crippen molar-refractivity contribution in [2.75, 3.05) is 7.05 Å². The quantitative estimate of drug-likeness (QED) is 0.744. The van der Waals surface area contributed by atoms with Crippen LogP contribution in [0.2, 0.25) is 0 Å². The van der Waals surface area contributed by atoms with Gasteiger partial charge in [0.2, 0.25) is 11.8 Å². The van der Waals surface area contributed by atoms with Gasteiger partial charge < -0.3 is 10.2 Å². The zero-order valence-electron chi connectivity index (χ0n) is 19.4. The van der Waals surface area contributed by atoms with Crippen molar-refractivity contribution in [1.29, 1.82) is 0 Å². The standard InChI is InChI=1S/C27H35FN2O2/c1-26-14-12-20-18(8-11-23-27(20,2)15-13-24(31)30(23)3)19(26)9-10-21(26)25(32)29-16-17-6-4-5-7-22(17)28/h4-7,13,15,18-21,23H,8-12,14,16H2,1-3H3,(H,29,32)/t18-,19-,20-,21+,23+,26-,27+/m0/s1. The third-order valence-electron chi connectivity index (χ3n) is 9.86. The van der Waals surface area contributed by atoms with Crippen molar-refractivity contribution in [3.8, 4) is 0 Å². The van der Waals surface area contributed by atoms with E-state index >= 15 is 0 Å². The van der Waals surface area contributed by atoms with Gasteiger partial charge in [-0.2, -0.15) is 0 Å². The first-order valence-corrected chi connectivity index (χ1v) is 12.2. The third kappa shape index (κ3) is 3.14. The maximum atomic E-state index is 14.0. The number of rotatable bonds is 3. The van der Waals surface area contributed by atoms with Crippen LogP contribution >= 0.6 is 0 Å². The van der Waals surface area contributed by atoms with Crippen molar-refractivity contribution >= 4 is 11.8 Å². The Morgan fingerprint density at radius 3 is 2.69 bits per heavy atom. The highest BCUT2D eigenvalue weighted by Crippen LogP contribution is 2.65. The number of carbonyl (C=O) groups is 2. The van der Waals surface area contributed by atoms with Crippen molar-refractivity contribution in [3.63, 3.8) is 0 Å². The summed E-state index contributed by atoms with van der Waals surface area (Å²) in [6, 6.07) is 6.94. The van der Waals surface area contributed by atoms with Gasteiger partial charge in [-0.3, -0.25) is 9.59 Å². The minimum Gasteiger partial charge on any atom is -0.352 e. The molecule has 1 aromatic rings. The molecule has 0 aromatic heterocycles. The van der Waals surface area contributed by atoms with Gasteiger partial charge >= 0.3 is 0 Å². The fourth-order valence-electron chi connectivity index (χ4n) is 8.12. The molecule has 1 N–H and O–H groups in total. The summed E-state index contributed by atoms with van der Waals surface area (Å²) < 4.78 is 14.0. The van der Waals surface area contributed by atoms with Crippen LogP contribution in [0.4, 0.5) is 4.39 Å². The Morgan fingerprint density at radius 2 is 1.91 bits per heavy atom. The van der Waals surface area contributed by atoms with Gasteiger partial charge in [0.1, 0.15) is 5.82 Å². The van der Waals surface area contributed by atoms with Gasteiger partial charge in [-0.1, -0.05) is 38.1 Å². The fourth-order valence-corrected chi connectivity index (χ4v) is 8.12. The summed E-state index contributed by atoms with van der Waals surface area (Å²) in [6.07, 6.45) is 10.3. The Labute approximate surface area is 190 Å². The van der Waals surface area contributed by atoms with Crippen LogP contribution in [-0.4, -0.2) is 29.8 Å². The van der Waals surface area contributed by atoms with E-state index in [4.69, 9.17) is 0 Å². The highest BCUT2D eigenvalue weighted by Gasteiger charge is 2.61. The first-order chi connectivity index (χ1) is 15.3. The number of amides is 2. The Kier molecular flexibility index (Phi) is 5.22. The number of hydrogen-bond donors (Lipinski definition) is 1. The Balaban J connectivity index is 1.33. The Morgan fingerprint density at radius 1 is 1.12 bits per heavy atom. The SMILES string of the molecule is CN1C(=O)C=C[C@]2(C)[C@H]3CC[C@]4(C)[C@@H](C(=O)NCc5ccccc5F)CC[C@H]4[C@@H]3CC[C@@H]12. The summed E-state index contributed by atoms with van der Waals surface area (Å²) in [5.74, 6) is 1.64. The molecule has 5 heteroatoms. The molecule has 32 heavy (non-hydrogen) atoms. The van der Waals surface area contributed by atoms with Crippen molar-refractivity contribution in [2.24, 2.45) is 34.5 Å². The van der Waals surface area contributed by atoms with Gasteiger partial charge in [0.15, 0.2) is 0 Å². The number of benzene rings is 1. The molecule has 0 saturated heterocycles. The van der Waals surface area contributed by atoms with E-state index in [1.165, 1.54) is 6.07 Å². The number of halogens is 1. The van der Waals surface area contributed by atoms with E-state index in [0.29, 0.717) is 23.3 Å². The second-order valence-corrected chi connectivity index (χ2v) is 11.1. The molecular formula is C27H35FN2O2. The van der Waals surface area contributed by atoms with Crippen LogP contribution in [0.3, 0.4) is 0 Å². The van der Waals surface area contributed by atoms with E-state index in [-0.39, 0.29) is 47.0 Å². The number of nitrogens with zero attached hydrogens (tertiary/aromatic N) is 1. The van der Waals surface area contributed by atoms with E-state index in [2.05, 4.69) is 25.2 Å². The smallest absolute Gasteiger partial charge is 0.246 e. The van der Waals surface area contributed by atoms with Gasteiger partial charge in [-0.25, -0.2) is 4.39 Å². The van der Waals surface area contributed by atoms with Crippen molar-refractivity contribution in [2.45, 2.75) is 65.0 Å². The van der Waals surface area contributed by atoms with Crippen LogP contribution in [0, 0.1) is 40.3 Å². The average Bonchev–Trinajstić information content (AvgIpc) is 3.13.